The minimum Gasteiger partial charge on any atom is -0.497 e. The van der Waals surface area contributed by atoms with Crippen molar-refractivity contribution in [3.63, 3.8) is 0 Å². The number of benzene rings is 4. The Kier molecular flexibility index (Phi) is 10.8. The highest BCUT2D eigenvalue weighted by atomic mass is 32.2. The molecule has 0 aromatic heterocycles. The van der Waals surface area contributed by atoms with Gasteiger partial charge in [-0.2, -0.15) is 0 Å². The highest BCUT2D eigenvalue weighted by molar-refractivity contribution is 7.92. The topological polar surface area (TPSA) is 96.0 Å². The first-order valence-corrected chi connectivity index (χ1v) is 15.9. The van der Waals surface area contributed by atoms with Gasteiger partial charge < -0.3 is 15.0 Å². The van der Waals surface area contributed by atoms with Crippen LogP contribution in [0.2, 0.25) is 0 Å². The summed E-state index contributed by atoms with van der Waals surface area (Å²) in [6, 6.07) is 30.7. The number of aryl methyl sites for hydroxylation is 1. The quantitative estimate of drug-likeness (QED) is 0.219. The molecule has 0 aliphatic heterocycles. The normalized spacial score (nSPS) is 11.9. The third-order valence-corrected chi connectivity index (χ3v) is 8.91. The van der Waals surface area contributed by atoms with E-state index in [0.29, 0.717) is 11.4 Å². The fourth-order valence-electron chi connectivity index (χ4n) is 4.86. The van der Waals surface area contributed by atoms with E-state index in [-0.39, 0.29) is 29.8 Å². The predicted molar refractivity (Wildman–Crippen MR) is 173 cm³/mol. The molecule has 2 amide bonds. The number of hydrogen-bond acceptors (Lipinski definition) is 5. The molecule has 9 heteroatoms. The molecule has 0 aliphatic carbocycles. The summed E-state index contributed by atoms with van der Waals surface area (Å²) in [6.07, 6.45) is 0.241. The summed E-state index contributed by atoms with van der Waals surface area (Å²) < 4.78 is 34.6. The lowest BCUT2D eigenvalue weighted by Gasteiger charge is -2.34. The molecule has 0 spiro atoms. The first-order valence-electron chi connectivity index (χ1n) is 14.5. The van der Waals surface area contributed by atoms with E-state index in [2.05, 4.69) is 5.32 Å². The molecule has 44 heavy (non-hydrogen) atoms. The monoisotopic (exact) mass is 613 g/mol. The third-order valence-electron chi connectivity index (χ3n) is 7.12. The Morgan fingerprint density at radius 2 is 1.43 bits per heavy atom. The molecule has 4 aromatic rings. The van der Waals surface area contributed by atoms with Crippen molar-refractivity contribution in [3.8, 4) is 5.75 Å². The number of sulfonamides is 1. The number of methoxy groups -OCH3 is 1. The summed E-state index contributed by atoms with van der Waals surface area (Å²) in [7, 11) is -2.58. The van der Waals surface area contributed by atoms with Crippen LogP contribution in [0.3, 0.4) is 0 Å². The number of amides is 2. The first-order chi connectivity index (χ1) is 21.1. The Labute approximate surface area is 260 Å². The van der Waals surface area contributed by atoms with Crippen LogP contribution >= 0.6 is 0 Å². The van der Waals surface area contributed by atoms with Crippen LogP contribution in [0.4, 0.5) is 5.69 Å². The maximum Gasteiger partial charge on any atom is 0.264 e. The lowest BCUT2D eigenvalue weighted by Crippen LogP contribution is -2.54. The van der Waals surface area contributed by atoms with Gasteiger partial charge in [0, 0.05) is 19.0 Å². The highest BCUT2D eigenvalue weighted by Crippen LogP contribution is 2.25. The first kappa shape index (κ1) is 32.3. The summed E-state index contributed by atoms with van der Waals surface area (Å²) in [5.74, 6) is -0.242. The smallest absolute Gasteiger partial charge is 0.264 e. The Morgan fingerprint density at radius 3 is 2.05 bits per heavy atom. The van der Waals surface area contributed by atoms with Crippen molar-refractivity contribution in [2.75, 3.05) is 18.0 Å². The second kappa shape index (κ2) is 14.7. The second-order valence-electron chi connectivity index (χ2n) is 10.9. The molecule has 0 heterocycles. The minimum absolute atomic E-state index is 0.0618. The van der Waals surface area contributed by atoms with E-state index in [1.54, 1.807) is 61.7 Å². The molecule has 0 bridgehead atoms. The van der Waals surface area contributed by atoms with E-state index < -0.39 is 28.5 Å². The Balaban J connectivity index is 1.79. The fraction of sp³-hybridized carbons (Fsp3) is 0.257. The molecule has 1 N–H and O–H groups in total. The molecule has 1 atom stereocenters. The van der Waals surface area contributed by atoms with Crippen molar-refractivity contribution >= 4 is 27.5 Å². The third kappa shape index (κ3) is 8.26. The molecular formula is C35H39N3O5S. The number of carbonyl (C=O) groups is 2. The molecule has 4 aromatic carbocycles. The van der Waals surface area contributed by atoms with Crippen LogP contribution in [0.25, 0.3) is 0 Å². The number of nitrogens with one attached hydrogen (secondary N) is 1. The second-order valence-corrected chi connectivity index (χ2v) is 12.8. The van der Waals surface area contributed by atoms with Gasteiger partial charge in [0.15, 0.2) is 0 Å². The average Bonchev–Trinajstić information content (AvgIpc) is 3.02. The van der Waals surface area contributed by atoms with Gasteiger partial charge in [-0.3, -0.25) is 13.9 Å². The standard InChI is InChI=1S/C35H39N3O5S/c1-26(2)36-35(40)33(23-28-12-7-5-8-13-28)37(24-29-14-11-17-31(22-29)43-4)34(39)25-38(30-15-9-6-10-16-30)44(41,42)32-20-18-27(3)19-21-32/h5-22,26,33H,23-25H2,1-4H3,(H,36,40)/t33-/m1/s1. The number of anilines is 1. The van der Waals surface area contributed by atoms with Crippen LogP contribution < -0.4 is 14.4 Å². The number of nitrogens with zero attached hydrogens (tertiary/aromatic N) is 2. The number of ether oxygens (including phenoxy) is 1. The van der Waals surface area contributed by atoms with Gasteiger partial charge in [0.05, 0.1) is 17.7 Å². The van der Waals surface area contributed by atoms with E-state index in [0.717, 1.165) is 21.0 Å². The SMILES string of the molecule is COc1cccc(CN(C(=O)CN(c2ccccc2)S(=O)(=O)c2ccc(C)cc2)[C@H](Cc2ccccc2)C(=O)NC(C)C)c1. The van der Waals surface area contributed by atoms with Gasteiger partial charge in [-0.15, -0.1) is 0 Å². The Morgan fingerprint density at radius 1 is 0.818 bits per heavy atom. The number of carbonyl (C=O) groups excluding carboxylic acids is 2. The van der Waals surface area contributed by atoms with Gasteiger partial charge in [-0.25, -0.2) is 8.42 Å². The Bertz CT molecular complexity index is 1640. The van der Waals surface area contributed by atoms with E-state index in [4.69, 9.17) is 4.74 Å². The average molecular weight is 614 g/mol. The summed E-state index contributed by atoms with van der Waals surface area (Å²) in [5, 5.41) is 2.96. The predicted octanol–water partition coefficient (Wildman–Crippen LogP) is 5.36. The fourth-order valence-corrected chi connectivity index (χ4v) is 6.28. The van der Waals surface area contributed by atoms with Crippen molar-refractivity contribution in [1.82, 2.24) is 10.2 Å². The van der Waals surface area contributed by atoms with Gasteiger partial charge >= 0.3 is 0 Å². The van der Waals surface area contributed by atoms with Crippen molar-refractivity contribution in [1.29, 1.82) is 0 Å². The molecule has 0 unspecified atom stereocenters. The summed E-state index contributed by atoms with van der Waals surface area (Å²) in [4.78, 5) is 29.7. The summed E-state index contributed by atoms with van der Waals surface area (Å²) in [5.41, 5.74) is 2.86. The highest BCUT2D eigenvalue weighted by Gasteiger charge is 2.34. The summed E-state index contributed by atoms with van der Waals surface area (Å²) in [6.45, 7) is 5.14. The largest absolute Gasteiger partial charge is 0.497 e. The van der Waals surface area contributed by atoms with Crippen LogP contribution in [0, 0.1) is 6.92 Å². The zero-order valence-corrected chi connectivity index (χ0v) is 26.3. The van der Waals surface area contributed by atoms with Crippen molar-refractivity contribution in [2.45, 2.75) is 50.7 Å². The lowest BCUT2D eigenvalue weighted by molar-refractivity contribution is -0.140. The van der Waals surface area contributed by atoms with Gasteiger partial charge in [-0.05, 0) is 68.3 Å². The molecule has 0 radical (unpaired) electrons. The number of hydrogen-bond donors (Lipinski definition) is 1. The maximum absolute atomic E-state index is 14.4. The maximum atomic E-state index is 14.4. The van der Waals surface area contributed by atoms with Crippen molar-refractivity contribution in [3.05, 3.63) is 126 Å². The van der Waals surface area contributed by atoms with Gasteiger partial charge in [0.1, 0.15) is 18.3 Å². The molecule has 4 rings (SSSR count). The van der Waals surface area contributed by atoms with Gasteiger partial charge in [0.2, 0.25) is 11.8 Å². The van der Waals surface area contributed by atoms with E-state index in [1.807, 2.05) is 63.2 Å². The molecular weight excluding hydrogens is 574 g/mol. The van der Waals surface area contributed by atoms with Crippen LogP contribution in [-0.2, 0) is 32.6 Å². The van der Waals surface area contributed by atoms with Crippen molar-refractivity contribution < 1.29 is 22.7 Å². The molecule has 0 aliphatic rings. The van der Waals surface area contributed by atoms with E-state index in [9.17, 15) is 18.0 Å². The zero-order chi connectivity index (χ0) is 31.7. The van der Waals surface area contributed by atoms with Crippen LogP contribution in [0.15, 0.2) is 114 Å². The van der Waals surface area contributed by atoms with Crippen LogP contribution in [0.1, 0.15) is 30.5 Å². The van der Waals surface area contributed by atoms with Crippen molar-refractivity contribution in [2.24, 2.45) is 0 Å². The molecule has 0 saturated carbocycles. The van der Waals surface area contributed by atoms with E-state index >= 15 is 0 Å². The molecule has 0 fully saturated rings. The minimum atomic E-state index is -4.14. The van der Waals surface area contributed by atoms with Gasteiger partial charge in [0.25, 0.3) is 10.0 Å². The summed E-state index contributed by atoms with van der Waals surface area (Å²) >= 11 is 0. The zero-order valence-electron chi connectivity index (χ0n) is 25.5. The van der Waals surface area contributed by atoms with E-state index in [1.165, 1.54) is 17.0 Å². The molecule has 230 valence electrons. The number of rotatable bonds is 13. The number of para-hydroxylation sites is 1. The van der Waals surface area contributed by atoms with Crippen LogP contribution in [0.5, 0.6) is 5.75 Å². The van der Waals surface area contributed by atoms with Crippen LogP contribution in [-0.4, -0.2) is 50.9 Å². The lowest BCUT2D eigenvalue weighted by atomic mass is 10.0. The Hall–Kier alpha value is -4.63. The molecule has 8 nitrogen and oxygen atoms in total. The van der Waals surface area contributed by atoms with Gasteiger partial charge in [-0.1, -0.05) is 78.4 Å². The molecule has 0 saturated heterocycles.